The second-order valence-electron chi connectivity index (χ2n) is 6.57. The number of amides is 2. The van der Waals surface area contributed by atoms with E-state index in [0.717, 1.165) is 5.56 Å². The van der Waals surface area contributed by atoms with Gasteiger partial charge in [-0.2, -0.15) is 0 Å². The van der Waals surface area contributed by atoms with E-state index in [-0.39, 0.29) is 5.91 Å². The lowest BCUT2D eigenvalue weighted by molar-refractivity contribution is -0.125. The first kappa shape index (κ1) is 21.0. The Bertz CT molecular complexity index is 1060. The number of halogens is 1. The van der Waals surface area contributed by atoms with Crippen molar-refractivity contribution in [2.24, 2.45) is 0 Å². The van der Waals surface area contributed by atoms with Crippen LogP contribution in [0.15, 0.2) is 78.9 Å². The Morgan fingerprint density at radius 3 is 2.23 bits per heavy atom. The molecule has 0 radical (unpaired) electrons. The third kappa shape index (κ3) is 4.99. The zero-order valence-electron chi connectivity index (χ0n) is 16.1. The number of rotatable bonds is 6. The fourth-order valence-corrected chi connectivity index (χ4v) is 3.16. The number of benzene rings is 3. The van der Waals surface area contributed by atoms with Gasteiger partial charge in [0, 0.05) is 22.9 Å². The van der Waals surface area contributed by atoms with Crippen molar-refractivity contribution in [3.8, 4) is 12.3 Å². The summed E-state index contributed by atoms with van der Waals surface area (Å²) in [6.07, 6.45) is 5.43. The lowest BCUT2D eigenvalue weighted by atomic mass is 10.0. The highest BCUT2D eigenvalue weighted by molar-refractivity contribution is 6.30. The van der Waals surface area contributed by atoms with Crippen LogP contribution >= 0.6 is 11.6 Å². The van der Waals surface area contributed by atoms with Crippen molar-refractivity contribution in [2.75, 3.05) is 10.6 Å². The van der Waals surface area contributed by atoms with Crippen LogP contribution in [0.4, 0.5) is 11.4 Å². The molecule has 0 saturated heterocycles. The molecule has 3 N–H and O–H groups in total. The van der Waals surface area contributed by atoms with Crippen molar-refractivity contribution < 1.29 is 9.59 Å². The largest absolute Gasteiger partial charge is 0.399 e. The molecule has 0 aromatic heterocycles. The minimum atomic E-state index is -0.987. The first-order valence-corrected chi connectivity index (χ1v) is 9.60. The topological polar surface area (TPSA) is 75.4 Å². The Morgan fingerprint density at radius 1 is 1.00 bits per heavy atom. The number of nitrogen functional groups attached to an aromatic ring is 1. The molecule has 3 aromatic carbocycles. The number of carbonyl (C=O) groups excluding carboxylic acids is 2. The molecule has 1 atom stereocenters. The Balaban J connectivity index is 2.00. The van der Waals surface area contributed by atoms with Gasteiger partial charge in [0.1, 0.15) is 6.04 Å². The maximum Gasteiger partial charge on any atom is 0.303 e. The number of nitrogens with one attached hydrogen (secondary N) is 1. The zero-order chi connectivity index (χ0) is 21.5. The molecule has 0 aliphatic rings. The summed E-state index contributed by atoms with van der Waals surface area (Å²) in [5, 5.41) is 3.40. The van der Waals surface area contributed by atoms with Gasteiger partial charge in [0.2, 0.25) is 5.91 Å². The van der Waals surface area contributed by atoms with Crippen molar-refractivity contribution in [3.05, 3.63) is 95.0 Å². The molecule has 0 bridgehead atoms. The number of hydrogen-bond donors (Lipinski definition) is 2. The van der Waals surface area contributed by atoms with Crippen LogP contribution in [0.5, 0.6) is 0 Å². The molecule has 3 aromatic rings. The van der Waals surface area contributed by atoms with Crippen molar-refractivity contribution in [3.63, 3.8) is 0 Å². The van der Waals surface area contributed by atoms with Crippen molar-refractivity contribution in [1.82, 2.24) is 5.32 Å². The van der Waals surface area contributed by atoms with Gasteiger partial charge in [0.05, 0.1) is 0 Å². The van der Waals surface area contributed by atoms with E-state index in [4.69, 9.17) is 23.8 Å². The van der Waals surface area contributed by atoms with Gasteiger partial charge in [-0.15, -0.1) is 6.42 Å². The third-order valence-corrected chi connectivity index (χ3v) is 4.77. The molecule has 3 rings (SSSR count). The summed E-state index contributed by atoms with van der Waals surface area (Å²) in [5.74, 6) is 1.10. The molecular weight excluding hydrogens is 398 g/mol. The number of nitrogens with zero attached hydrogens (tertiary/aromatic N) is 1. The maximum atomic E-state index is 13.3. The van der Waals surface area contributed by atoms with Crippen LogP contribution in [-0.2, 0) is 16.1 Å². The second kappa shape index (κ2) is 9.64. The molecule has 30 heavy (non-hydrogen) atoms. The highest BCUT2D eigenvalue weighted by Gasteiger charge is 2.32. The van der Waals surface area contributed by atoms with Crippen LogP contribution < -0.4 is 16.0 Å². The van der Waals surface area contributed by atoms with Crippen LogP contribution in [0.1, 0.15) is 17.2 Å². The zero-order valence-corrected chi connectivity index (χ0v) is 16.8. The van der Waals surface area contributed by atoms with E-state index in [0.29, 0.717) is 28.5 Å². The Hall–Kier alpha value is -3.75. The van der Waals surface area contributed by atoms with Crippen molar-refractivity contribution >= 4 is 34.8 Å². The fraction of sp³-hybridized carbons (Fsp3) is 0.0833. The lowest BCUT2D eigenvalue weighted by Crippen LogP contribution is -2.43. The molecule has 150 valence electrons. The summed E-state index contributed by atoms with van der Waals surface area (Å²) in [5.41, 5.74) is 8.31. The summed E-state index contributed by atoms with van der Waals surface area (Å²) >= 11 is 5.99. The van der Waals surface area contributed by atoms with Crippen LogP contribution in [-0.4, -0.2) is 11.8 Å². The maximum absolute atomic E-state index is 13.3. The van der Waals surface area contributed by atoms with E-state index in [9.17, 15) is 9.59 Å². The molecule has 2 amide bonds. The number of terminal acetylenes is 1. The molecule has 0 aliphatic carbocycles. The van der Waals surface area contributed by atoms with E-state index in [1.165, 1.54) is 4.90 Å². The van der Waals surface area contributed by atoms with Gasteiger partial charge < -0.3 is 11.1 Å². The highest BCUT2D eigenvalue weighted by atomic mass is 35.5. The van der Waals surface area contributed by atoms with Gasteiger partial charge in [-0.3, -0.25) is 14.5 Å². The van der Waals surface area contributed by atoms with Crippen molar-refractivity contribution in [1.29, 1.82) is 0 Å². The number of carbonyl (C=O) groups is 2. The van der Waals surface area contributed by atoms with E-state index >= 15 is 0 Å². The first-order valence-electron chi connectivity index (χ1n) is 9.22. The second-order valence-corrected chi connectivity index (χ2v) is 7.00. The Kier molecular flexibility index (Phi) is 6.74. The molecule has 0 aliphatic heterocycles. The lowest BCUT2D eigenvalue weighted by Gasteiger charge is -2.30. The molecule has 0 saturated carbocycles. The van der Waals surface area contributed by atoms with E-state index in [1.54, 1.807) is 48.5 Å². The van der Waals surface area contributed by atoms with Gasteiger partial charge in [-0.05, 0) is 53.4 Å². The van der Waals surface area contributed by atoms with Gasteiger partial charge >= 0.3 is 5.91 Å². The molecule has 0 spiro atoms. The predicted octanol–water partition coefficient (Wildman–Crippen LogP) is 3.95. The number of nitrogens with two attached hydrogens (primary N) is 1. The van der Waals surface area contributed by atoms with Gasteiger partial charge in [-0.25, -0.2) is 0 Å². The normalized spacial score (nSPS) is 11.2. The molecular formula is C24H20ClN3O2. The van der Waals surface area contributed by atoms with E-state index in [1.807, 2.05) is 30.3 Å². The Labute approximate surface area is 180 Å². The monoisotopic (exact) mass is 417 g/mol. The third-order valence-electron chi connectivity index (χ3n) is 4.52. The minimum Gasteiger partial charge on any atom is -0.399 e. The summed E-state index contributed by atoms with van der Waals surface area (Å²) in [6, 6.07) is 21.8. The highest BCUT2D eigenvalue weighted by Crippen LogP contribution is 2.29. The van der Waals surface area contributed by atoms with E-state index in [2.05, 4.69) is 11.2 Å². The van der Waals surface area contributed by atoms with Crippen LogP contribution in [0.2, 0.25) is 5.02 Å². The first-order chi connectivity index (χ1) is 14.5. The quantitative estimate of drug-likeness (QED) is 0.471. The number of hydrogen-bond acceptors (Lipinski definition) is 3. The van der Waals surface area contributed by atoms with Crippen LogP contribution in [0.25, 0.3) is 0 Å². The molecule has 1 unspecified atom stereocenters. The average Bonchev–Trinajstić information content (AvgIpc) is 2.77. The summed E-state index contributed by atoms with van der Waals surface area (Å²) in [4.78, 5) is 27.3. The van der Waals surface area contributed by atoms with Crippen LogP contribution in [0, 0.1) is 12.3 Å². The van der Waals surface area contributed by atoms with E-state index < -0.39 is 11.9 Å². The van der Waals surface area contributed by atoms with Gasteiger partial charge in [0.25, 0.3) is 0 Å². The van der Waals surface area contributed by atoms with Gasteiger partial charge in [0.15, 0.2) is 0 Å². The Morgan fingerprint density at radius 2 is 1.63 bits per heavy atom. The number of anilines is 2. The summed E-state index contributed by atoms with van der Waals surface area (Å²) in [7, 11) is 0. The summed E-state index contributed by atoms with van der Waals surface area (Å²) < 4.78 is 0. The molecule has 0 fully saturated rings. The average molecular weight is 418 g/mol. The molecule has 6 heteroatoms. The van der Waals surface area contributed by atoms with Gasteiger partial charge in [-0.1, -0.05) is 54.1 Å². The SMILES string of the molecule is C#CC(=O)N(c1ccc(Cl)cc1)C(C(=O)NCc1ccccc1)c1ccc(N)cc1. The molecule has 5 nitrogen and oxygen atoms in total. The predicted molar refractivity (Wildman–Crippen MR) is 120 cm³/mol. The minimum absolute atomic E-state index is 0.309. The molecule has 0 heterocycles. The fourth-order valence-electron chi connectivity index (χ4n) is 3.03. The van der Waals surface area contributed by atoms with Crippen LogP contribution in [0.3, 0.4) is 0 Å². The van der Waals surface area contributed by atoms with Crippen molar-refractivity contribution in [2.45, 2.75) is 12.6 Å². The summed E-state index contributed by atoms with van der Waals surface area (Å²) in [6.45, 7) is 0.309. The smallest absolute Gasteiger partial charge is 0.303 e. The standard InChI is InChI=1S/C24H20ClN3O2/c1-2-22(29)28(21-14-10-19(25)11-15-21)23(18-8-12-20(26)13-9-18)24(30)27-16-17-6-4-3-5-7-17/h1,3-15,23H,16,26H2,(H,27,30).